The summed E-state index contributed by atoms with van der Waals surface area (Å²) < 4.78 is 39.4. The number of rotatable bonds is 50. The first-order chi connectivity index (χ1) is 34.2. The van der Waals surface area contributed by atoms with Crippen LogP contribution in [-0.2, 0) is 42.2 Å². The van der Waals surface area contributed by atoms with E-state index in [1.807, 2.05) is 0 Å². The van der Waals surface area contributed by atoms with E-state index >= 15 is 0 Å². The molecule has 3 unspecified atom stereocenters. The maximum absolute atomic E-state index is 12.9. The Morgan fingerprint density at radius 2 is 0.757 bits per heavy atom. The molecule has 0 fully saturated rings. The van der Waals surface area contributed by atoms with Crippen molar-refractivity contribution in [1.29, 1.82) is 0 Å². The number of aliphatic hydroxyl groups is 1. The van der Waals surface area contributed by atoms with Crippen molar-refractivity contribution in [3.63, 3.8) is 0 Å². The van der Waals surface area contributed by atoms with Crippen molar-refractivity contribution in [3.8, 4) is 0 Å². The van der Waals surface area contributed by atoms with Crippen LogP contribution in [-0.4, -0.2) is 66.5 Å². The molecule has 11 nitrogen and oxygen atoms in total. The van der Waals surface area contributed by atoms with Gasteiger partial charge in [0, 0.05) is 19.3 Å². The van der Waals surface area contributed by atoms with Gasteiger partial charge >= 0.3 is 25.7 Å². The summed E-state index contributed by atoms with van der Waals surface area (Å²) in [6, 6.07) is 0. The van der Waals surface area contributed by atoms with Crippen LogP contribution >= 0.6 is 7.82 Å². The van der Waals surface area contributed by atoms with Gasteiger partial charge in [0.2, 0.25) is 0 Å². The number of ether oxygens (including phenoxy) is 3. The lowest BCUT2D eigenvalue weighted by atomic mass is 10.1. The Morgan fingerprint density at radius 3 is 1.21 bits per heavy atom. The maximum Gasteiger partial charge on any atom is 0.472 e. The van der Waals surface area contributed by atoms with E-state index in [0.717, 1.165) is 128 Å². The third-order valence-electron chi connectivity index (χ3n) is 11.3. The number of hydrogen-bond acceptors (Lipinski definition) is 10. The summed E-state index contributed by atoms with van der Waals surface area (Å²) in [5, 5.41) is 9.78. The normalized spacial score (nSPS) is 14.1. The van der Waals surface area contributed by atoms with Gasteiger partial charge in [-0.15, -0.1) is 0 Å². The minimum absolute atomic E-state index is 0.138. The highest BCUT2D eigenvalue weighted by Crippen LogP contribution is 2.43. The number of esters is 3. The van der Waals surface area contributed by atoms with Gasteiger partial charge in [0.15, 0.2) is 6.10 Å². The van der Waals surface area contributed by atoms with Gasteiger partial charge in [-0.25, -0.2) is 4.57 Å². The Kier molecular flexibility index (Phi) is 49.5. The van der Waals surface area contributed by atoms with E-state index in [-0.39, 0.29) is 25.9 Å². The molecular formula is C58H99O11P. The van der Waals surface area contributed by atoms with Crippen LogP contribution in [0.3, 0.4) is 0 Å². The largest absolute Gasteiger partial charge is 0.472 e. The fourth-order valence-corrected chi connectivity index (χ4v) is 7.85. The lowest BCUT2D eigenvalue weighted by Gasteiger charge is -2.21. The number of unbranched alkanes of at least 4 members (excludes halogenated alkanes) is 19. The van der Waals surface area contributed by atoms with Gasteiger partial charge in [-0.2, -0.15) is 0 Å². The van der Waals surface area contributed by atoms with Crippen molar-refractivity contribution in [3.05, 3.63) is 85.1 Å². The number of phosphoric ester groups is 1. The molecule has 0 aliphatic carbocycles. The van der Waals surface area contributed by atoms with Crippen LogP contribution in [0.5, 0.6) is 0 Å². The van der Waals surface area contributed by atoms with Gasteiger partial charge in [0.25, 0.3) is 0 Å². The van der Waals surface area contributed by atoms with E-state index in [2.05, 4.69) is 106 Å². The van der Waals surface area contributed by atoms with Crippen LogP contribution in [0.1, 0.15) is 226 Å². The Hall–Kier alpha value is -3.34. The van der Waals surface area contributed by atoms with Gasteiger partial charge in [-0.3, -0.25) is 23.4 Å². The standard InChI is InChI=1S/C58H99O11P/c1-4-7-10-13-16-19-22-24-25-26-27-28-29-31-34-37-40-43-46-49-58(62)69-55(51-65-56(60)47-44-41-38-35-32-21-18-15-12-9-6-3)53-67-70(63,64)66-52-54(50-59)68-57(61)48-45-42-39-36-33-30-23-20-17-14-11-8-5-2/h8,11,15-20,24-25,27-28,30,33,54-55,59H,4-7,9-10,12-14,21-23,26,29,31-32,34-53H2,1-3H3,(H,63,64)/b11-8-,18-15-,19-16-,20-17-,25-24-,28-27-,33-30-. The smallest absolute Gasteiger partial charge is 0.462 e. The molecule has 0 heterocycles. The number of aliphatic hydroxyl groups excluding tert-OH is 1. The van der Waals surface area contributed by atoms with Gasteiger partial charge in [-0.05, 0) is 109 Å². The molecule has 402 valence electrons. The molecule has 0 aliphatic heterocycles. The first kappa shape index (κ1) is 66.7. The lowest BCUT2D eigenvalue weighted by molar-refractivity contribution is -0.161. The van der Waals surface area contributed by atoms with Crippen molar-refractivity contribution in [2.45, 2.75) is 238 Å². The molecule has 0 amide bonds. The van der Waals surface area contributed by atoms with Crippen molar-refractivity contribution in [2.24, 2.45) is 0 Å². The molecule has 0 radical (unpaired) electrons. The lowest BCUT2D eigenvalue weighted by Crippen LogP contribution is -2.30. The van der Waals surface area contributed by atoms with E-state index in [0.29, 0.717) is 19.3 Å². The van der Waals surface area contributed by atoms with Crippen molar-refractivity contribution in [2.75, 3.05) is 26.4 Å². The van der Waals surface area contributed by atoms with Crippen LogP contribution in [0.15, 0.2) is 85.1 Å². The number of carbonyl (C=O) groups is 3. The summed E-state index contributed by atoms with van der Waals surface area (Å²) in [7, 11) is -4.76. The topological polar surface area (TPSA) is 155 Å². The van der Waals surface area contributed by atoms with E-state index in [4.69, 9.17) is 23.3 Å². The molecule has 0 aromatic carbocycles. The number of hydrogen-bond donors (Lipinski definition) is 2. The van der Waals surface area contributed by atoms with Crippen molar-refractivity contribution in [1.82, 2.24) is 0 Å². The fraction of sp³-hybridized carbons (Fsp3) is 0.707. The summed E-state index contributed by atoms with van der Waals surface area (Å²) in [6.45, 7) is 4.39. The third kappa shape index (κ3) is 49.6. The maximum atomic E-state index is 12.9. The molecular weight excluding hydrogens is 904 g/mol. The zero-order valence-corrected chi connectivity index (χ0v) is 45.1. The van der Waals surface area contributed by atoms with Crippen molar-refractivity contribution < 1.29 is 52.2 Å². The highest BCUT2D eigenvalue weighted by Gasteiger charge is 2.28. The summed E-state index contributed by atoms with van der Waals surface area (Å²) in [4.78, 5) is 48.4. The molecule has 0 saturated heterocycles. The van der Waals surface area contributed by atoms with Gasteiger partial charge in [0.05, 0.1) is 19.8 Å². The van der Waals surface area contributed by atoms with Gasteiger partial charge in [0.1, 0.15) is 12.7 Å². The molecule has 70 heavy (non-hydrogen) atoms. The van der Waals surface area contributed by atoms with Gasteiger partial charge < -0.3 is 24.2 Å². The third-order valence-corrected chi connectivity index (χ3v) is 12.2. The van der Waals surface area contributed by atoms with Crippen molar-refractivity contribution >= 4 is 25.7 Å². The summed E-state index contributed by atoms with van der Waals surface area (Å²) in [6.07, 6.45) is 58.4. The van der Waals surface area contributed by atoms with Gasteiger partial charge in [-0.1, -0.05) is 183 Å². The Balaban J connectivity index is 4.77. The summed E-state index contributed by atoms with van der Waals surface area (Å²) >= 11 is 0. The number of allylic oxidation sites excluding steroid dienone is 14. The predicted octanol–water partition coefficient (Wildman–Crippen LogP) is 15.9. The fourth-order valence-electron chi connectivity index (χ4n) is 7.06. The Labute approximate surface area is 426 Å². The molecule has 0 bridgehead atoms. The van der Waals surface area contributed by atoms with Crippen LogP contribution < -0.4 is 0 Å². The molecule has 0 aromatic heterocycles. The highest BCUT2D eigenvalue weighted by atomic mass is 31.2. The van der Waals surface area contributed by atoms with Crippen LogP contribution in [0.25, 0.3) is 0 Å². The highest BCUT2D eigenvalue weighted by molar-refractivity contribution is 7.47. The van der Waals surface area contributed by atoms with E-state index in [1.54, 1.807) is 0 Å². The first-order valence-corrected chi connectivity index (χ1v) is 29.0. The predicted molar refractivity (Wildman–Crippen MR) is 288 cm³/mol. The molecule has 0 spiro atoms. The quantitative estimate of drug-likeness (QED) is 0.0197. The Bertz CT molecular complexity index is 1500. The second-order valence-corrected chi connectivity index (χ2v) is 19.5. The molecule has 0 aromatic rings. The molecule has 12 heteroatoms. The average Bonchev–Trinajstić information content (AvgIpc) is 3.35. The first-order valence-electron chi connectivity index (χ1n) is 27.5. The van der Waals surface area contributed by atoms with Crippen LogP contribution in [0, 0.1) is 0 Å². The minimum Gasteiger partial charge on any atom is -0.462 e. The monoisotopic (exact) mass is 1000 g/mol. The van der Waals surface area contributed by atoms with Crippen LogP contribution in [0.4, 0.5) is 0 Å². The molecule has 3 atom stereocenters. The molecule has 0 aliphatic rings. The SMILES string of the molecule is CC/C=C\C/C=C\C/C=C\CCCCCC(=O)OC(CO)COP(=O)(O)OCC(COC(=O)CCCCCCC/C=C\CCCC)OC(=O)CCCCCCCC/C=C\C/C=C\C/C=C\CCCCC. The van der Waals surface area contributed by atoms with E-state index in [9.17, 15) is 28.9 Å². The van der Waals surface area contributed by atoms with Crippen LogP contribution in [0.2, 0.25) is 0 Å². The molecule has 2 N–H and O–H groups in total. The van der Waals surface area contributed by atoms with E-state index in [1.165, 1.54) is 38.5 Å². The average molecular weight is 1000 g/mol. The van der Waals surface area contributed by atoms with E-state index < -0.39 is 57.8 Å². The second-order valence-electron chi connectivity index (χ2n) is 18.0. The molecule has 0 saturated carbocycles. The summed E-state index contributed by atoms with van der Waals surface area (Å²) in [5.74, 6) is -1.53. The second kappa shape index (κ2) is 52.0. The zero-order valence-electron chi connectivity index (χ0n) is 44.2. The minimum atomic E-state index is -4.76. The zero-order chi connectivity index (χ0) is 51.3. The summed E-state index contributed by atoms with van der Waals surface area (Å²) in [5.41, 5.74) is 0. The number of phosphoric acid groups is 1. The molecule has 0 rings (SSSR count). The Morgan fingerprint density at radius 1 is 0.414 bits per heavy atom. The number of carbonyl (C=O) groups excluding carboxylic acids is 3.